The summed E-state index contributed by atoms with van der Waals surface area (Å²) >= 11 is 0. The Kier molecular flexibility index (Phi) is 7.82. The van der Waals surface area contributed by atoms with E-state index >= 15 is 0 Å². The summed E-state index contributed by atoms with van der Waals surface area (Å²) in [5.74, 6) is 0.289. The van der Waals surface area contributed by atoms with Gasteiger partial charge in [0.05, 0.1) is 11.2 Å². The molecule has 6 nitrogen and oxygen atoms in total. The molecule has 0 spiro atoms. The van der Waals surface area contributed by atoms with Crippen molar-refractivity contribution in [2.24, 2.45) is 0 Å². The molecule has 0 fully saturated rings. The first kappa shape index (κ1) is 26.6. The van der Waals surface area contributed by atoms with Gasteiger partial charge in [-0.05, 0) is 50.3 Å². The van der Waals surface area contributed by atoms with Crippen LogP contribution in [0.25, 0.3) is 0 Å². The van der Waals surface area contributed by atoms with Gasteiger partial charge in [0.25, 0.3) is 5.91 Å². The number of benzene rings is 1. The van der Waals surface area contributed by atoms with Gasteiger partial charge in [-0.25, -0.2) is 4.68 Å². The largest absolute Gasteiger partial charge is 0.329 e. The molecule has 0 saturated carbocycles. The Morgan fingerprint density at radius 3 is 1.97 bits per heavy atom. The highest BCUT2D eigenvalue weighted by atomic mass is 16.2. The number of anilines is 1. The summed E-state index contributed by atoms with van der Waals surface area (Å²) in [5.41, 5.74) is 2.27. The molecule has 0 unspecified atom stereocenters. The zero-order valence-corrected chi connectivity index (χ0v) is 22.2. The van der Waals surface area contributed by atoms with Gasteiger partial charge in [-0.2, -0.15) is 5.10 Å². The molecule has 0 aliphatic rings. The second kappa shape index (κ2) is 9.70. The third-order valence-corrected chi connectivity index (χ3v) is 5.49. The van der Waals surface area contributed by atoms with Crippen LogP contribution in [0.2, 0.25) is 0 Å². The second-order valence-electron chi connectivity index (χ2n) is 11.8. The number of hydrogen-bond donors (Lipinski definition) is 1. The summed E-state index contributed by atoms with van der Waals surface area (Å²) in [6.07, 6.45) is 0.771. The van der Waals surface area contributed by atoms with Gasteiger partial charge in [-0.3, -0.25) is 9.59 Å². The summed E-state index contributed by atoms with van der Waals surface area (Å²) in [6, 6.07) is 9.63. The molecule has 1 aromatic heterocycles. The predicted molar refractivity (Wildman–Crippen MR) is 136 cm³/mol. The van der Waals surface area contributed by atoms with Crippen LogP contribution in [0.1, 0.15) is 97.3 Å². The quantitative estimate of drug-likeness (QED) is 0.607. The second-order valence-corrected chi connectivity index (χ2v) is 11.8. The molecule has 0 aliphatic heterocycles. The number of rotatable bonds is 6. The summed E-state index contributed by atoms with van der Waals surface area (Å²) < 4.78 is 1.85. The molecule has 2 amide bonds. The minimum atomic E-state index is -0.292. The molecular formula is C27H42N4O2. The first-order chi connectivity index (χ1) is 15.0. The highest BCUT2D eigenvalue weighted by Gasteiger charge is 2.27. The van der Waals surface area contributed by atoms with Gasteiger partial charge in [-0.15, -0.1) is 0 Å². The van der Waals surface area contributed by atoms with Crippen molar-refractivity contribution in [2.45, 2.75) is 92.0 Å². The zero-order valence-electron chi connectivity index (χ0n) is 22.2. The highest BCUT2D eigenvalue weighted by Crippen LogP contribution is 2.28. The van der Waals surface area contributed by atoms with E-state index < -0.39 is 0 Å². The van der Waals surface area contributed by atoms with E-state index in [0.717, 1.165) is 12.1 Å². The lowest BCUT2D eigenvalue weighted by Gasteiger charge is -2.25. The van der Waals surface area contributed by atoms with Crippen molar-refractivity contribution in [3.05, 3.63) is 47.2 Å². The predicted octanol–water partition coefficient (Wildman–Crippen LogP) is 5.72. The van der Waals surface area contributed by atoms with E-state index in [1.165, 1.54) is 5.56 Å². The highest BCUT2D eigenvalue weighted by molar-refractivity contribution is 5.99. The van der Waals surface area contributed by atoms with Crippen molar-refractivity contribution in [3.8, 4) is 0 Å². The zero-order chi connectivity index (χ0) is 25.2. The molecule has 1 N–H and O–H groups in total. The van der Waals surface area contributed by atoms with Gasteiger partial charge < -0.3 is 10.2 Å². The van der Waals surface area contributed by atoms with Crippen molar-refractivity contribution in [1.29, 1.82) is 0 Å². The smallest absolute Gasteiger partial charge is 0.254 e. The topological polar surface area (TPSA) is 67.2 Å². The number of carbonyl (C=O) groups is 2. The molecule has 2 rings (SSSR count). The summed E-state index contributed by atoms with van der Waals surface area (Å²) in [4.78, 5) is 27.8. The maximum Gasteiger partial charge on any atom is 0.254 e. The van der Waals surface area contributed by atoms with Crippen LogP contribution in [0, 0.1) is 0 Å². The van der Waals surface area contributed by atoms with Crippen LogP contribution in [0.15, 0.2) is 30.3 Å². The summed E-state index contributed by atoms with van der Waals surface area (Å²) in [5, 5.41) is 7.75. The van der Waals surface area contributed by atoms with Crippen molar-refractivity contribution < 1.29 is 9.59 Å². The number of aromatic nitrogens is 2. The monoisotopic (exact) mass is 454 g/mol. The third-order valence-electron chi connectivity index (χ3n) is 5.49. The van der Waals surface area contributed by atoms with Crippen LogP contribution in [-0.4, -0.2) is 39.6 Å². The minimum absolute atomic E-state index is 0.00608. The number of nitrogens with one attached hydrogen (secondary N) is 1. The maximum absolute atomic E-state index is 13.2. The van der Waals surface area contributed by atoms with E-state index in [2.05, 4.69) is 67.6 Å². The van der Waals surface area contributed by atoms with Crippen LogP contribution in [0.4, 0.5) is 5.82 Å². The van der Waals surface area contributed by atoms with E-state index in [0.29, 0.717) is 17.9 Å². The Hall–Kier alpha value is -2.63. The van der Waals surface area contributed by atoms with Crippen LogP contribution < -0.4 is 5.32 Å². The fraction of sp³-hybridized carbons (Fsp3) is 0.593. The average molecular weight is 455 g/mol. The van der Waals surface area contributed by atoms with Gasteiger partial charge in [0, 0.05) is 23.6 Å². The van der Waals surface area contributed by atoms with Crippen LogP contribution in [0.3, 0.4) is 0 Å². The van der Waals surface area contributed by atoms with E-state index in [-0.39, 0.29) is 34.7 Å². The minimum Gasteiger partial charge on any atom is -0.329 e. The molecule has 0 aliphatic carbocycles. The maximum atomic E-state index is 13.2. The fourth-order valence-corrected chi connectivity index (χ4v) is 3.52. The van der Waals surface area contributed by atoms with E-state index in [1.54, 1.807) is 4.90 Å². The Bertz CT molecular complexity index is 968. The Morgan fingerprint density at radius 1 is 0.939 bits per heavy atom. The lowest BCUT2D eigenvalue weighted by molar-refractivity contribution is -0.117. The van der Waals surface area contributed by atoms with Gasteiger partial charge in [-0.1, -0.05) is 60.6 Å². The molecule has 0 bridgehead atoms. The first-order valence-electron chi connectivity index (χ1n) is 11.8. The Morgan fingerprint density at radius 2 is 1.52 bits per heavy atom. The fourth-order valence-electron chi connectivity index (χ4n) is 3.52. The standard InChI is InChI=1S/C27H42N4O2/c1-11-16-30(24(33)19-12-14-20(15-13-19)25(2,3)4)18-23(32)28-22-17-21(26(5,6)7)29-31(22)27(8,9)10/h12-15,17H,11,16,18H2,1-10H3,(H,28,32). The van der Waals surface area contributed by atoms with Crippen LogP contribution in [0.5, 0.6) is 0 Å². The average Bonchev–Trinajstić information content (AvgIpc) is 3.11. The van der Waals surface area contributed by atoms with Crippen LogP contribution in [-0.2, 0) is 21.2 Å². The van der Waals surface area contributed by atoms with E-state index in [1.807, 2.05) is 41.9 Å². The lowest BCUT2D eigenvalue weighted by Crippen LogP contribution is -2.39. The van der Waals surface area contributed by atoms with E-state index in [9.17, 15) is 9.59 Å². The van der Waals surface area contributed by atoms with Gasteiger partial charge in [0.2, 0.25) is 5.91 Å². The summed E-state index contributed by atoms with van der Waals surface area (Å²) in [7, 11) is 0. The molecule has 1 heterocycles. The normalized spacial score (nSPS) is 12.5. The molecule has 33 heavy (non-hydrogen) atoms. The number of carbonyl (C=O) groups excluding carboxylic acids is 2. The van der Waals surface area contributed by atoms with Gasteiger partial charge in [0.15, 0.2) is 0 Å². The molecule has 0 saturated heterocycles. The molecular weight excluding hydrogens is 412 g/mol. The SMILES string of the molecule is CCCN(CC(=O)Nc1cc(C(C)(C)C)nn1C(C)(C)C)C(=O)c1ccc(C(C)(C)C)cc1. The number of hydrogen-bond acceptors (Lipinski definition) is 3. The molecule has 0 atom stereocenters. The molecule has 1 aromatic carbocycles. The molecule has 182 valence electrons. The number of nitrogens with zero attached hydrogens (tertiary/aromatic N) is 3. The summed E-state index contributed by atoms with van der Waals surface area (Å²) in [6.45, 7) is 21.4. The molecule has 2 aromatic rings. The van der Waals surface area contributed by atoms with Crippen molar-refractivity contribution >= 4 is 17.6 Å². The Balaban J connectivity index is 2.23. The van der Waals surface area contributed by atoms with E-state index in [4.69, 9.17) is 5.10 Å². The third kappa shape index (κ3) is 6.92. The first-order valence-corrected chi connectivity index (χ1v) is 11.8. The van der Waals surface area contributed by atoms with Gasteiger partial charge in [0.1, 0.15) is 12.4 Å². The molecule has 6 heteroatoms. The van der Waals surface area contributed by atoms with Crippen LogP contribution >= 0.6 is 0 Å². The molecule has 0 radical (unpaired) electrons. The lowest BCUT2D eigenvalue weighted by atomic mass is 9.86. The Labute approximate surface area is 199 Å². The van der Waals surface area contributed by atoms with Crippen molar-refractivity contribution in [1.82, 2.24) is 14.7 Å². The number of amides is 2. The van der Waals surface area contributed by atoms with Gasteiger partial charge >= 0.3 is 0 Å². The van der Waals surface area contributed by atoms with Crippen molar-refractivity contribution in [2.75, 3.05) is 18.4 Å². The van der Waals surface area contributed by atoms with Crippen molar-refractivity contribution in [3.63, 3.8) is 0 Å².